The summed E-state index contributed by atoms with van der Waals surface area (Å²) in [5.74, 6) is 0. The van der Waals surface area contributed by atoms with Gasteiger partial charge in [0.25, 0.3) is 0 Å². The van der Waals surface area contributed by atoms with Gasteiger partial charge in [-0.15, -0.1) is 0 Å². The lowest BCUT2D eigenvalue weighted by molar-refractivity contribution is 0.251. The second kappa shape index (κ2) is 4.46. The zero-order valence-corrected chi connectivity index (χ0v) is 9.90. The summed E-state index contributed by atoms with van der Waals surface area (Å²) in [4.78, 5) is 11.2. The number of nitrogens with one attached hydrogen (secondary N) is 1. The molecule has 1 amide bonds. The van der Waals surface area contributed by atoms with E-state index in [1.165, 1.54) is 0 Å². The standard InChI is InChI=1S/C11H13NO4S/c13-11(17(14,15)16)12-10-7-3-5-8-4-1-2-6-9(8)10/h1-2,4,6,10H,3,5,7H2,(H,12,13)(H,14,15,16). The molecule has 0 bridgehead atoms. The molecule has 5 nitrogen and oxygen atoms in total. The van der Waals surface area contributed by atoms with Crippen molar-refractivity contribution in [1.82, 2.24) is 5.32 Å². The molecule has 0 saturated carbocycles. The SMILES string of the molecule is O=C(NC1CCCc2ccccc21)S(=O)(=O)O. The average molecular weight is 255 g/mol. The molecule has 92 valence electrons. The van der Waals surface area contributed by atoms with Crippen molar-refractivity contribution in [3.63, 3.8) is 0 Å². The summed E-state index contributed by atoms with van der Waals surface area (Å²) in [6.07, 6.45) is 2.49. The first-order chi connectivity index (χ1) is 7.98. The number of aryl methyl sites for hydroxylation is 1. The summed E-state index contributed by atoms with van der Waals surface area (Å²) in [6.45, 7) is 0. The smallest absolute Gasteiger partial charge is 0.334 e. The normalized spacial score (nSPS) is 19.5. The van der Waals surface area contributed by atoms with Crippen LogP contribution in [-0.2, 0) is 16.5 Å². The molecule has 6 heteroatoms. The van der Waals surface area contributed by atoms with Crippen LogP contribution in [0.4, 0.5) is 4.79 Å². The molecular formula is C11H13NO4S. The van der Waals surface area contributed by atoms with Gasteiger partial charge in [-0.3, -0.25) is 9.35 Å². The van der Waals surface area contributed by atoms with E-state index in [1.54, 1.807) is 0 Å². The predicted octanol–water partition coefficient (Wildman–Crippen LogP) is 1.66. The van der Waals surface area contributed by atoms with E-state index in [4.69, 9.17) is 4.55 Å². The Kier molecular flexibility index (Phi) is 3.17. The highest BCUT2D eigenvalue weighted by Gasteiger charge is 2.26. The van der Waals surface area contributed by atoms with Crippen molar-refractivity contribution < 1.29 is 17.8 Å². The number of amides is 1. The van der Waals surface area contributed by atoms with Gasteiger partial charge in [0, 0.05) is 0 Å². The van der Waals surface area contributed by atoms with Crippen LogP contribution in [-0.4, -0.2) is 18.2 Å². The molecule has 2 N–H and O–H groups in total. The van der Waals surface area contributed by atoms with Crippen LogP contribution in [0, 0.1) is 0 Å². The van der Waals surface area contributed by atoms with Crippen molar-refractivity contribution in [2.75, 3.05) is 0 Å². The fourth-order valence-corrected chi connectivity index (χ4v) is 2.41. The largest absolute Gasteiger partial charge is 0.364 e. The Balaban J connectivity index is 2.23. The van der Waals surface area contributed by atoms with Crippen LogP contribution in [0.3, 0.4) is 0 Å². The van der Waals surface area contributed by atoms with E-state index in [2.05, 4.69) is 5.32 Å². The predicted molar refractivity (Wildman–Crippen MR) is 62.2 cm³/mol. The molecular weight excluding hydrogens is 242 g/mol. The Bertz CT molecular complexity index is 538. The van der Waals surface area contributed by atoms with Crippen molar-refractivity contribution in [1.29, 1.82) is 0 Å². The lowest BCUT2D eigenvalue weighted by Crippen LogP contribution is -2.34. The Labute approximate surface area is 99.6 Å². The fraction of sp³-hybridized carbons (Fsp3) is 0.364. The van der Waals surface area contributed by atoms with E-state index in [9.17, 15) is 13.2 Å². The summed E-state index contributed by atoms with van der Waals surface area (Å²) in [5, 5.41) is 1.00. The van der Waals surface area contributed by atoms with Gasteiger partial charge in [0.15, 0.2) is 0 Å². The van der Waals surface area contributed by atoms with Gasteiger partial charge in [0.1, 0.15) is 0 Å². The van der Waals surface area contributed by atoms with Crippen molar-refractivity contribution in [2.24, 2.45) is 0 Å². The molecule has 0 aliphatic heterocycles. The van der Waals surface area contributed by atoms with Crippen molar-refractivity contribution in [3.05, 3.63) is 35.4 Å². The third-order valence-electron chi connectivity index (χ3n) is 2.90. The maximum absolute atomic E-state index is 11.2. The number of hydrogen-bond acceptors (Lipinski definition) is 3. The summed E-state index contributed by atoms with van der Waals surface area (Å²) >= 11 is 0. The van der Waals surface area contributed by atoms with Crippen molar-refractivity contribution in [3.8, 4) is 0 Å². The van der Waals surface area contributed by atoms with Crippen LogP contribution in [0.25, 0.3) is 0 Å². The van der Waals surface area contributed by atoms with Crippen LogP contribution in [0.5, 0.6) is 0 Å². The first-order valence-corrected chi connectivity index (χ1v) is 6.78. The van der Waals surface area contributed by atoms with E-state index in [-0.39, 0.29) is 6.04 Å². The molecule has 1 aromatic rings. The Morgan fingerprint density at radius 2 is 2.06 bits per heavy atom. The van der Waals surface area contributed by atoms with Crippen molar-refractivity contribution >= 4 is 15.4 Å². The van der Waals surface area contributed by atoms with Gasteiger partial charge in [-0.05, 0) is 30.4 Å². The van der Waals surface area contributed by atoms with Gasteiger partial charge in [-0.1, -0.05) is 24.3 Å². The van der Waals surface area contributed by atoms with E-state index >= 15 is 0 Å². The maximum atomic E-state index is 11.2. The lowest BCUT2D eigenvalue weighted by atomic mass is 9.88. The monoisotopic (exact) mass is 255 g/mol. The number of hydrogen-bond donors (Lipinski definition) is 2. The van der Waals surface area contributed by atoms with E-state index in [1.807, 2.05) is 24.3 Å². The fourth-order valence-electron chi connectivity index (χ4n) is 2.12. The minimum Gasteiger partial charge on any atom is -0.334 e. The number of fused-ring (bicyclic) bond motifs is 1. The zero-order chi connectivity index (χ0) is 12.5. The molecule has 1 atom stereocenters. The number of benzene rings is 1. The third-order valence-corrected chi connectivity index (χ3v) is 3.48. The summed E-state index contributed by atoms with van der Waals surface area (Å²) in [6, 6.07) is 7.24. The Morgan fingerprint density at radius 1 is 1.35 bits per heavy atom. The highest BCUT2D eigenvalue weighted by atomic mass is 32.2. The Morgan fingerprint density at radius 3 is 2.76 bits per heavy atom. The summed E-state index contributed by atoms with van der Waals surface area (Å²) < 4.78 is 29.9. The van der Waals surface area contributed by atoms with E-state index in [0.29, 0.717) is 6.42 Å². The molecule has 2 rings (SSSR count). The highest BCUT2D eigenvalue weighted by molar-refractivity contribution is 8.01. The molecule has 0 fully saturated rings. The Hall–Kier alpha value is -1.40. The molecule has 1 aromatic carbocycles. The van der Waals surface area contributed by atoms with Gasteiger partial charge < -0.3 is 5.32 Å². The topological polar surface area (TPSA) is 83.5 Å². The highest BCUT2D eigenvalue weighted by Crippen LogP contribution is 2.29. The molecule has 1 aliphatic rings. The van der Waals surface area contributed by atoms with Crippen LogP contribution in [0.15, 0.2) is 24.3 Å². The molecule has 0 spiro atoms. The first-order valence-electron chi connectivity index (χ1n) is 5.34. The quantitative estimate of drug-likeness (QED) is 0.747. The minimum atomic E-state index is -4.65. The summed E-state index contributed by atoms with van der Waals surface area (Å²) in [7, 11) is -4.65. The second-order valence-electron chi connectivity index (χ2n) is 4.05. The number of carbonyl (C=O) groups is 1. The second-order valence-corrected chi connectivity index (χ2v) is 5.37. The van der Waals surface area contributed by atoms with Gasteiger partial charge in [-0.2, -0.15) is 8.42 Å². The van der Waals surface area contributed by atoms with E-state index < -0.39 is 15.4 Å². The molecule has 0 radical (unpaired) electrons. The van der Waals surface area contributed by atoms with Crippen LogP contribution < -0.4 is 5.32 Å². The van der Waals surface area contributed by atoms with Crippen molar-refractivity contribution in [2.45, 2.75) is 25.3 Å². The number of rotatable bonds is 1. The van der Waals surface area contributed by atoms with Gasteiger partial charge in [0.2, 0.25) is 0 Å². The molecule has 17 heavy (non-hydrogen) atoms. The third kappa shape index (κ3) is 2.65. The maximum Gasteiger partial charge on any atom is 0.364 e. The van der Waals surface area contributed by atoms with Gasteiger partial charge in [-0.25, -0.2) is 0 Å². The van der Waals surface area contributed by atoms with Crippen LogP contribution >= 0.6 is 0 Å². The molecule has 1 aliphatic carbocycles. The average Bonchev–Trinajstić information content (AvgIpc) is 2.28. The molecule has 0 aromatic heterocycles. The van der Waals surface area contributed by atoms with Crippen LogP contribution in [0.2, 0.25) is 0 Å². The zero-order valence-electron chi connectivity index (χ0n) is 9.09. The van der Waals surface area contributed by atoms with Gasteiger partial charge in [0.05, 0.1) is 6.04 Å². The minimum absolute atomic E-state index is 0.339. The first kappa shape index (κ1) is 12.1. The number of carbonyl (C=O) groups excluding carboxylic acids is 1. The van der Waals surface area contributed by atoms with Crippen LogP contribution in [0.1, 0.15) is 30.0 Å². The van der Waals surface area contributed by atoms with Gasteiger partial charge >= 0.3 is 15.4 Å². The van der Waals surface area contributed by atoms with E-state index in [0.717, 1.165) is 24.0 Å². The lowest BCUT2D eigenvalue weighted by Gasteiger charge is -2.25. The molecule has 0 heterocycles. The summed E-state index contributed by atoms with van der Waals surface area (Å²) in [5.41, 5.74) is 2.04. The molecule has 1 unspecified atom stereocenters. The molecule has 0 saturated heterocycles.